The van der Waals surface area contributed by atoms with Gasteiger partial charge in [-0.2, -0.15) is 0 Å². The Kier molecular flexibility index (Phi) is 11.7. The summed E-state index contributed by atoms with van der Waals surface area (Å²) >= 11 is 1.61. The fourth-order valence-electron chi connectivity index (χ4n) is 7.09. The highest BCUT2D eigenvalue weighted by Gasteiger charge is 2.43. The number of benzene rings is 1. The number of amides is 2. The van der Waals surface area contributed by atoms with Gasteiger partial charge >= 0.3 is 6.09 Å². The summed E-state index contributed by atoms with van der Waals surface area (Å²) in [7, 11) is 1.95. The van der Waals surface area contributed by atoms with Crippen LogP contribution in [0.2, 0.25) is 0 Å². The van der Waals surface area contributed by atoms with Crippen LogP contribution in [0.3, 0.4) is 0 Å². The molecule has 2 aliphatic heterocycles. The molecule has 4 heterocycles. The number of ketones is 1. The van der Waals surface area contributed by atoms with Crippen LogP contribution in [-0.2, 0) is 14.3 Å². The van der Waals surface area contributed by atoms with Crippen molar-refractivity contribution in [1.82, 2.24) is 19.9 Å². The zero-order chi connectivity index (χ0) is 36.3. The van der Waals surface area contributed by atoms with Crippen molar-refractivity contribution in [3.63, 3.8) is 0 Å². The number of likely N-dealkylation sites (tertiary alicyclic amines) is 2. The summed E-state index contributed by atoms with van der Waals surface area (Å²) in [6.45, 7) is 15.7. The molecule has 0 spiro atoms. The van der Waals surface area contributed by atoms with Crippen molar-refractivity contribution >= 4 is 34.9 Å². The van der Waals surface area contributed by atoms with E-state index in [1.807, 2.05) is 72.0 Å². The number of hydrogen-bond donors (Lipinski definition) is 1. The van der Waals surface area contributed by atoms with Crippen LogP contribution in [0, 0.1) is 18.8 Å². The highest BCUT2D eigenvalue weighted by molar-refractivity contribution is 7.13. The maximum Gasteiger partial charge on any atom is 0.410 e. The molecule has 50 heavy (non-hydrogen) atoms. The summed E-state index contributed by atoms with van der Waals surface area (Å²) in [5, 5.41) is 15.0. The zero-order valence-corrected chi connectivity index (χ0v) is 31.5. The second kappa shape index (κ2) is 15.6. The molecule has 0 saturated carbocycles. The number of Topliss-reactive ketones (excluding diaryl/α,β-unsaturated/α-hetero) is 1. The van der Waals surface area contributed by atoms with Gasteiger partial charge in [-0.25, -0.2) is 9.78 Å². The summed E-state index contributed by atoms with van der Waals surface area (Å²) in [4.78, 5) is 51.2. The monoisotopic (exact) mass is 707 g/mol. The number of carbonyl (C=O) groups excluding carboxylic acids is 3. The maximum absolute atomic E-state index is 14.2. The largest absolute Gasteiger partial charge is 0.444 e. The number of hydrogen-bond acceptors (Lipinski definition) is 10. The van der Waals surface area contributed by atoms with Gasteiger partial charge in [0.15, 0.2) is 17.4 Å². The number of aromatic nitrogens is 2. The standard InChI is InChI=1S/C38H53N5O6S/c1-23(2)34(32-19-33(40-49-32)41(8)20-26-13-15-42(16-14-26)37(47)48-38(5,6)7)36(46)43-21-29(44)18-30(43)31(45)17-24(3)27-9-11-28(12-10-27)35-25(4)39-22-50-35/h9-12,19,22-24,26,29-30,34,44H,13-18,20-21H2,1-8H3/t24-,29-,30+,34-/m1/s1. The first-order valence-electron chi connectivity index (χ1n) is 17.8. The lowest BCUT2D eigenvalue weighted by atomic mass is 9.89. The van der Waals surface area contributed by atoms with Crippen LogP contribution in [0.5, 0.6) is 0 Å². The summed E-state index contributed by atoms with van der Waals surface area (Å²) in [5.41, 5.74) is 4.47. The van der Waals surface area contributed by atoms with Gasteiger partial charge in [-0.3, -0.25) is 9.59 Å². The second-order valence-electron chi connectivity index (χ2n) is 15.5. The third-order valence-corrected chi connectivity index (χ3v) is 10.9. The minimum atomic E-state index is -0.767. The molecule has 2 aromatic heterocycles. The fourth-order valence-corrected chi connectivity index (χ4v) is 7.90. The number of anilines is 1. The average Bonchev–Trinajstić information content (AvgIpc) is 3.80. The van der Waals surface area contributed by atoms with Crippen LogP contribution in [-0.4, -0.2) is 93.8 Å². The van der Waals surface area contributed by atoms with Crippen LogP contribution in [0.15, 0.2) is 40.4 Å². The number of piperidine rings is 1. The van der Waals surface area contributed by atoms with E-state index in [1.165, 1.54) is 0 Å². The Morgan fingerprint density at radius 3 is 2.40 bits per heavy atom. The highest BCUT2D eigenvalue weighted by atomic mass is 32.1. The van der Waals surface area contributed by atoms with Crippen molar-refractivity contribution in [1.29, 1.82) is 0 Å². The molecule has 4 atom stereocenters. The lowest BCUT2D eigenvalue weighted by molar-refractivity contribution is -0.140. The Morgan fingerprint density at radius 1 is 1.12 bits per heavy atom. The number of carbonyl (C=O) groups is 3. The van der Waals surface area contributed by atoms with Crippen LogP contribution < -0.4 is 4.90 Å². The molecule has 11 nitrogen and oxygen atoms in total. The minimum Gasteiger partial charge on any atom is -0.444 e. The van der Waals surface area contributed by atoms with Crippen molar-refractivity contribution in [3.8, 4) is 10.4 Å². The van der Waals surface area contributed by atoms with Gasteiger partial charge in [0.2, 0.25) is 5.91 Å². The summed E-state index contributed by atoms with van der Waals surface area (Å²) in [6.07, 6.45) is 1.15. The molecule has 2 amide bonds. The van der Waals surface area contributed by atoms with Gasteiger partial charge < -0.3 is 29.1 Å². The van der Waals surface area contributed by atoms with Gasteiger partial charge in [-0.15, -0.1) is 11.3 Å². The predicted molar refractivity (Wildman–Crippen MR) is 194 cm³/mol. The number of rotatable bonds is 11. The molecular formula is C38H53N5O6S. The van der Waals surface area contributed by atoms with Crippen LogP contribution in [0.25, 0.3) is 10.4 Å². The number of aliphatic hydroxyl groups is 1. The van der Waals surface area contributed by atoms with E-state index in [-0.39, 0.29) is 49.0 Å². The normalized spacial score (nSPS) is 19.9. The van der Waals surface area contributed by atoms with Crippen LogP contribution in [0.4, 0.5) is 10.6 Å². The first-order chi connectivity index (χ1) is 23.6. The molecule has 0 unspecified atom stereocenters. The average molecular weight is 708 g/mol. The first kappa shape index (κ1) is 37.5. The van der Waals surface area contributed by atoms with Crippen molar-refractivity contribution in [2.75, 3.05) is 38.1 Å². The first-order valence-corrected chi connectivity index (χ1v) is 18.7. The molecule has 2 fully saturated rings. The molecule has 1 N–H and O–H groups in total. The van der Waals surface area contributed by atoms with E-state index in [4.69, 9.17) is 9.26 Å². The van der Waals surface area contributed by atoms with Crippen molar-refractivity contribution in [2.24, 2.45) is 11.8 Å². The molecule has 2 saturated heterocycles. The number of thiazole rings is 1. The van der Waals surface area contributed by atoms with E-state index in [9.17, 15) is 19.5 Å². The third-order valence-electron chi connectivity index (χ3n) is 9.87. The van der Waals surface area contributed by atoms with Gasteiger partial charge in [0.05, 0.1) is 28.2 Å². The topological polar surface area (TPSA) is 129 Å². The number of nitrogens with zero attached hydrogens (tertiary/aromatic N) is 5. The van der Waals surface area contributed by atoms with Gasteiger partial charge in [0, 0.05) is 52.1 Å². The predicted octanol–water partition coefficient (Wildman–Crippen LogP) is 6.65. The van der Waals surface area contributed by atoms with Crippen LogP contribution in [0.1, 0.15) is 96.1 Å². The molecule has 3 aromatic rings. The van der Waals surface area contributed by atoms with Crippen molar-refractivity contribution < 1.29 is 28.8 Å². The van der Waals surface area contributed by atoms with Gasteiger partial charge in [0.25, 0.3) is 0 Å². The fraction of sp³-hybridized carbons (Fsp3) is 0.605. The molecule has 2 aliphatic rings. The minimum absolute atomic E-state index is 0.0494. The summed E-state index contributed by atoms with van der Waals surface area (Å²) in [5.74, 6) is 0.334. The summed E-state index contributed by atoms with van der Waals surface area (Å²) < 4.78 is 11.3. The molecule has 0 aliphatic carbocycles. The van der Waals surface area contributed by atoms with Gasteiger partial charge in [0.1, 0.15) is 11.5 Å². The molecule has 12 heteroatoms. The molecule has 0 bridgehead atoms. The number of β-amino-alcohol motifs (C(OH)–C–C–N with tert-alkyl or cyclic N) is 1. The molecule has 272 valence electrons. The highest BCUT2D eigenvalue weighted by Crippen LogP contribution is 2.35. The Morgan fingerprint density at radius 2 is 1.80 bits per heavy atom. The molecule has 0 radical (unpaired) electrons. The zero-order valence-electron chi connectivity index (χ0n) is 30.7. The molecule has 5 rings (SSSR count). The lowest BCUT2D eigenvalue weighted by Gasteiger charge is -2.34. The van der Waals surface area contributed by atoms with Crippen molar-refractivity contribution in [2.45, 2.75) is 104 Å². The Hall–Kier alpha value is -3.77. The summed E-state index contributed by atoms with van der Waals surface area (Å²) in [6, 6.07) is 9.37. The number of aliphatic hydroxyl groups excluding tert-OH is 1. The number of ether oxygens (including phenoxy) is 1. The van der Waals surface area contributed by atoms with Gasteiger partial charge in [-0.1, -0.05) is 50.2 Å². The molecule has 1 aromatic carbocycles. The van der Waals surface area contributed by atoms with E-state index >= 15 is 0 Å². The van der Waals surface area contributed by atoms with Crippen molar-refractivity contribution in [3.05, 3.63) is 52.9 Å². The quantitative estimate of drug-likeness (QED) is 0.233. The van der Waals surface area contributed by atoms with E-state index in [0.29, 0.717) is 30.6 Å². The SMILES string of the molecule is Cc1ncsc1-c1ccc([C@H](C)CC(=O)[C@@H]2C[C@@H](O)CN2C(=O)[C@@H](c2cc(N(C)CC3CCN(C(=O)OC(C)(C)C)CC3)no2)C(C)C)cc1. The third kappa shape index (κ3) is 8.93. The van der Waals surface area contributed by atoms with E-state index < -0.39 is 23.7 Å². The van der Waals surface area contributed by atoms with Crippen LogP contribution >= 0.6 is 11.3 Å². The lowest BCUT2D eigenvalue weighted by Crippen LogP contribution is -2.44. The Labute approximate surface area is 300 Å². The van der Waals surface area contributed by atoms with Gasteiger partial charge in [-0.05, 0) is 69.4 Å². The molecular weight excluding hydrogens is 655 g/mol. The Balaban J connectivity index is 1.20. The maximum atomic E-state index is 14.2. The van der Waals surface area contributed by atoms with E-state index in [1.54, 1.807) is 21.1 Å². The second-order valence-corrected chi connectivity index (χ2v) is 16.3. The Bertz CT molecular complexity index is 1620. The van der Waals surface area contributed by atoms with E-state index in [0.717, 1.165) is 41.1 Å². The smallest absolute Gasteiger partial charge is 0.410 e. The number of aryl methyl sites for hydroxylation is 1. The van der Waals surface area contributed by atoms with E-state index in [2.05, 4.69) is 34.4 Å².